The van der Waals surface area contributed by atoms with Gasteiger partial charge in [0.2, 0.25) is 18.6 Å². The predicted molar refractivity (Wildman–Crippen MR) is 142 cm³/mol. The number of urea groups is 1. The second kappa shape index (κ2) is 11.9. The van der Waals surface area contributed by atoms with Crippen molar-refractivity contribution in [2.75, 3.05) is 19.9 Å². The van der Waals surface area contributed by atoms with Crippen LogP contribution in [0.15, 0.2) is 53.9 Å². The maximum Gasteiger partial charge on any atom is 0.327 e. The van der Waals surface area contributed by atoms with Crippen LogP contribution in [0.5, 0.6) is 11.5 Å². The minimum absolute atomic E-state index is 0.0838. The summed E-state index contributed by atoms with van der Waals surface area (Å²) in [6.07, 6.45) is 3.90. The molecule has 4 amide bonds. The van der Waals surface area contributed by atoms with Crippen LogP contribution in [0.2, 0.25) is 0 Å². The molecule has 3 aliphatic rings. The molecule has 2 aromatic rings. The molecule has 3 heterocycles. The SMILES string of the molecule is O=C(CCCCCN1C(=O)C2SC=CC2N(CC(=O)c2ccc(F)cc2)C1=O)NCc1ccc2c(c1)OCO2. The highest BCUT2D eigenvalue weighted by molar-refractivity contribution is 8.03. The minimum atomic E-state index is -0.509. The molecule has 0 radical (unpaired) electrons. The molecule has 9 nitrogen and oxygen atoms in total. The number of benzene rings is 2. The molecule has 1 fully saturated rings. The molecule has 5 rings (SSSR count). The molecule has 0 spiro atoms. The van der Waals surface area contributed by atoms with Crippen molar-refractivity contribution in [1.82, 2.24) is 15.1 Å². The van der Waals surface area contributed by atoms with E-state index in [1.807, 2.05) is 18.2 Å². The van der Waals surface area contributed by atoms with Crippen LogP contribution in [0.3, 0.4) is 0 Å². The topological polar surface area (TPSA) is 105 Å². The van der Waals surface area contributed by atoms with Crippen molar-refractivity contribution in [3.63, 3.8) is 0 Å². The number of hydrogen-bond acceptors (Lipinski definition) is 7. The molecule has 2 aromatic carbocycles. The molecule has 0 saturated carbocycles. The molecule has 0 aliphatic carbocycles. The van der Waals surface area contributed by atoms with Crippen molar-refractivity contribution < 1.29 is 33.0 Å². The number of nitrogens with zero attached hydrogens (tertiary/aromatic N) is 2. The van der Waals surface area contributed by atoms with Crippen LogP contribution in [-0.2, 0) is 16.1 Å². The van der Waals surface area contributed by atoms with Crippen LogP contribution in [-0.4, -0.2) is 64.6 Å². The summed E-state index contributed by atoms with van der Waals surface area (Å²) in [5.41, 5.74) is 1.21. The van der Waals surface area contributed by atoms with E-state index >= 15 is 0 Å². The molecular weight excluding hydrogens is 525 g/mol. The largest absolute Gasteiger partial charge is 0.454 e. The number of carbonyl (C=O) groups excluding carboxylic acids is 4. The molecular formula is C28H28FN3O6S. The van der Waals surface area contributed by atoms with E-state index in [0.717, 1.165) is 5.56 Å². The molecule has 3 aliphatic heterocycles. The van der Waals surface area contributed by atoms with Crippen LogP contribution < -0.4 is 14.8 Å². The number of unbranched alkanes of at least 4 members (excludes halogenated alkanes) is 2. The molecule has 2 unspecified atom stereocenters. The lowest BCUT2D eigenvalue weighted by atomic mass is 10.0. The van der Waals surface area contributed by atoms with Gasteiger partial charge in [0.15, 0.2) is 17.3 Å². The van der Waals surface area contributed by atoms with E-state index in [2.05, 4.69) is 5.32 Å². The number of rotatable bonds is 11. The zero-order valence-corrected chi connectivity index (χ0v) is 22.0. The third-order valence-corrected chi connectivity index (χ3v) is 7.94. The van der Waals surface area contributed by atoms with E-state index in [4.69, 9.17) is 9.47 Å². The third-order valence-electron chi connectivity index (χ3n) is 6.85. The number of thioether (sulfide) groups is 1. The summed E-state index contributed by atoms with van der Waals surface area (Å²) in [6.45, 7) is 0.585. The number of imide groups is 1. The molecule has 0 aromatic heterocycles. The molecule has 1 N–H and O–H groups in total. The lowest BCUT2D eigenvalue weighted by molar-refractivity contribution is -0.131. The lowest BCUT2D eigenvalue weighted by Crippen LogP contribution is -2.62. The van der Waals surface area contributed by atoms with Gasteiger partial charge in [0.25, 0.3) is 0 Å². The van der Waals surface area contributed by atoms with Gasteiger partial charge in [-0.3, -0.25) is 19.3 Å². The monoisotopic (exact) mass is 553 g/mol. The average molecular weight is 554 g/mol. The predicted octanol–water partition coefficient (Wildman–Crippen LogP) is 3.88. The Labute approximate surface area is 229 Å². The van der Waals surface area contributed by atoms with Gasteiger partial charge in [-0.25, -0.2) is 9.18 Å². The second-order valence-corrected chi connectivity index (χ2v) is 10.5. The van der Waals surface area contributed by atoms with Crippen molar-refractivity contribution in [3.8, 4) is 11.5 Å². The number of nitrogens with one attached hydrogen (secondary N) is 1. The van der Waals surface area contributed by atoms with Crippen LogP contribution in [0, 0.1) is 5.82 Å². The smallest absolute Gasteiger partial charge is 0.327 e. The van der Waals surface area contributed by atoms with Crippen molar-refractivity contribution in [2.24, 2.45) is 0 Å². The van der Waals surface area contributed by atoms with E-state index in [9.17, 15) is 23.6 Å². The maximum absolute atomic E-state index is 13.3. The number of fused-ring (bicyclic) bond motifs is 2. The van der Waals surface area contributed by atoms with E-state index in [1.165, 1.54) is 45.8 Å². The van der Waals surface area contributed by atoms with Crippen LogP contribution in [0.25, 0.3) is 0 Å². The summed E-state index contributed by atoms with van der Waals surface area (Å²) >= 11 is 1.33. The Morgan fingerprint density at radius 1 is 1.03 bits per heavy atom. The molecule has 204 valence electrons. The first kappa shape index (κ1) is 26.7. The van der Waals surface area contributed by atoms with Gasteiger partial charge in [-0.15, -0.1) is 11.8 Å². The average Bonchev–Trinajstić information content (AvgIpc) is 3.61. The highest BCUT2D eigenvalue weighted by Gasteiger charge is 2.47. The number of ketones is 1. The number of hydrogen-bond donors (Lipinski definition) is 1. The van der Waals surface area contributed by atoms with Crippen molar-refractivity contribution in [1.29, 1.82) is 0 Å². The van der Waals surface area contributed by atoms with Crippen LogP contribution in [0.1, 0.15) is 41.6 Å². The lowest BCUT2D eigenvalue weighted by Gasteiger charge is -2.41. The molecule has 0 bridgehead atoms. The minimum Gasteiger partial charge on any atom is -0.454 e. The van der Waals surface area contributed by atoms with Crippen molar-refractivity contribution >= 4 is 35.4 Å². The Hall–Kier alpha value is -3.86. The first-order valence-corrected chi connectivity index (χ1v) is 13.7. The first-order valence-electron chi connectivity index (χ1n) is 12.8. The number of carbonyl (C=O) groups is 4. The zero-order valence-electron chi connectivity index (χ0n) is 21.1. The molecule has 2 atom stereocenters. The van der Waals surface area contributed by atoms with Crippen molar-refractivity contribution in [3.05, 3.63) is 70.9 Å². The summed E-state index contributed by atoms with van der Waals surface area (Å²) in [4.78, 5) is 54.0. The Morgan fingerprint density at radius 2 is 1.82 bits per heavy atom. The number of halogens is 1. The molecule has 39 heavy (non-hydrogen) atoms. The van der Waals surface area contributed by atoms with Gasteiger partial charge in [-0.1, -0.05) is 18.6 Å². The Balaban J connectivity index is 1.08. The van der Waals surface area contributed by atoms with Gasteiger partial charge in [-0.2, -0.15) is 0 Å². The fraction of sp³-hybridized carbons (Fsp3) is 0.357. The zero-order chi connectivity index (χ0) is 27.4. The van der Waals surface area contributed by atoms with Gasteiger partial charge in [0, 0.05) is 25.1 Å². The van der Waals surface area contributed by atoms with E-state index in [1.54, 1.807) is 11.5 Å². The van der Waals surface area contributed by atoms with E-state index in [0.29, 0.717) is 49.3 Å². The highest BCUT2D eigenvalue weighted by Crippen LogP contribution is 2.35. The number of ether oxygens (including phenoxy) is 2. The molecule has 11 heteroatoms. The standard InChI is InChI=1S/C28H28FN3O6S/c29-20-8-6-19(7-9-20)22(33)16-32-21-11-13-39-26(21)27(35)31(28(32)36)12-3-1-2-4-25(34)30-15-18-5-10-23-24(14-18)38-17-37-23/h5-11,13-14,21,26H,1-4,12,15-17H2,(H,30,34). The van der Waals surface area contributed by atoms with E-state index in [-0.39, 0.29) is 37.5 Å². The molecule has 1 saturated heterocycles. The quantitative estimate of drug-likeness (QED) is 0.333. The fourth-order valence-electron chi connectivity index (χ4n) is 4.73. The van der Waals surface area contributed by atoms with Gasteiger partial charge >= 0.3 is 6.03 Å². The first-order chi connectivity index (χ1) is 18.9. The Morgan fingerprint density at radius 3 is 2.64 bits per heavy atom. The summed E-state index contributed by atoms with van der Waals surface area (Å²) in [5, 5.41) is 4.17. The normalized spacial score (nSPS) is 19.4. The van der Waals surface area contributed by atoms with E-state index < -0.39 is 23.1 Å². The van der Waals surface area contributed by atoms with Gasteiger partial charge in [-0.05, 0) is 60.2 Å². The fourth-order valence-corrected chi connectivity index (χ4v) is 5.79. The van der Waals surface area contributed by atoms with Gasteiger partial charge in [0.05, 0.1) is 12.6 Å². The Bertz CT molecular complexity index is 1300. The third kappa shape index (κ3) is 6.08. The second-order valence-electron chi connectivity index (χ2n) is 9.48. The van der Waals surface area contributed by atoms with Gasteiger partial charge in [0.1, 0.15) is 11.1 Å². The number of amides is 4. The summed E-state index contributed by atoms with van der Waals surface area (Å²) < 4.78 is 23.9. The maximum atomic E-state index is 13.3. The van der Waals surface area contributed by atoms with Gasteiger partial charge < -0.3 is 19.7 Å². The van der Waals surface area contributed by atoms with Crippen LogP contribution >= 0.6 is 11.8 Å². The van der Waals surface area contributed by atoms with Crippen LogP contribution in [0.4, 0.5) is 9.18 Å². The summed E-state index contributed by atoms with van der Waals surface area (Å²) in [5.74, 6) is 0.228. The Kier molecular flexibility index (Phi) is 8.16. The number of Topliss-reactive ketones (excluding diaryl/α,β-unsaturated/α-hetero) is 1. The highest BCUT2D eigenvalue weighted by atomic mass is 32.2. The van der Waals surface area contributed by atoms with Crippen molar-refractivity contribution in [2.45, 2.75) is 43.5 Å². The summed E-state index contributed by atoms with van der Waals surface area (Å²) in [6, 6.07) is 9.70. The summed E-state index contributed by atoms with van der Waals surface area (Å²) in [7, 11) is 0.